The van der Waals surface area contributed by atoms with Crippen LogP contribution in [0.2, 0.25) is 0 Å². The molecule has 4 rings (SSSR count). The lowest BCUT2D eigenvalue weighted by molar-refractivity contribution is -0.137. The van der Waals surface area contributed by atoms with Gasteiger partial charge in [0.15, 0.2) is 5.69 Å². The van der Waals surface area contributed by atoms with Gasteiger partial charge in [-0.3, -0.25) is 9.89 Å². The maximum atomic E-state index is 12.8. The van der Waals surface area contributed by atoms with Gasteiger partial charge in [0.2, 0.25) is 0 Å². The Labute approximate surface area is 138 Å². The smallest absolute Gasteiger partial charge is 0.359 e. The van der Waals surface area contributed by atoms with E-state index in [-0.39, 0.29) is 11.2 Å². The minimum Gasteiger partial charge on any atom is -0.359 e. The number of aromatic amines is 2. The molecule has 0 bridgehead atoms. The van der Waals surface area contributed by atoms with Crippen LogP contribution in [-0.2, 0) is 6.18 Å². The van der Waals surface area contributed by atoms with Gasteiger partial charge in [-0.15, -0.1) is 0 Å². The largest absolute Gasteiger partial charge is 0.416 e. The van der Waals surface area contributed by atoms with Crippen LogP contribution >= 0.6 is 0 Å². The molecule has 1 amide bonds. The number of fused-ring (bicyclic) bond motifs is 2. The summed E-state index contributed by atoms with van der Waals surface area (Å²) < 4.78 is 38.3. The number of halogens is 3. The molecule has 5 nitrogen and oxygen atoms in total. The molecule has 0 radical (unpaired) electrons. The lowest BCUT2D eigenvalue weighted by atomic mass is 10.1. The second kappa shape index (κ2) is 5.37. The summed E-state index contributed by atoms with van der Waals surface area (Å²) in [6.45, 7) is 0. The average Bonchev–Trinajstić information content (AvgIpc) is 3.18. The normalized spacial score (nSPS) is 12.0. The Kier molecular flexibility index (Phi) is 3.28. The first-order chi connectivity index (χ1) is 11.9. The summed E-state index contributed by atoms with van der Waals surface area (Å²) in [6, 6.07) is 10.5. The lowest BCUT2D eigenvalue weighted by Gasteiger charge is -2.06. The lowest BCUT2D eigenvalue weighted by Crippen LogP contribution is -2.12. The number of H-pyrrole nitrogens is 2. The highest BCUT2D eigenvalue weighted by molar-refractivity contribution is 6.13. The second-order valence-corrected chi connectivity index (χ2v) is 5.53. The summed E-state index contributed by atoms with van der Waals surface area (Å²) in [5, 5.41) is 10.2. The average molecular weight is 344 g/mol. The van der Waals surface area contributed by atoms with Crippen molar-refractivity contribution in [3.8, 4) is 0 Å². The summed E-state index contributed by atoms with van der Waals surface area (Å²) >= 11 is 0. The number of rotatable bonds is 2. The zero-order valence-corrected chi connectivity index (χ0v) is 12.6. The molecule has 126 valence electrons. The molecule has 2 heterocycles. The molecule has 0 aliphatic heterocycles. The van der Waals surface area contributed by atoms with Gasteiger partial charge in [-0.05, 0) is 24.3 Å². The molecule has 0 fully saturated rings. The molecule has 25 heavy (non-hydrogen) atoms. The van der Waals surface area contributed by atoms with Crippen LogP contribution in [-0.4, -0.2) is 21.1 Å². The molecule has 0 saturated heterocycles. The van der Waals surface area contributed by atoms with Crippen molar-refractivity contribution in [3.63, 3.8) is 0 Å². The Morgan fingerprint density at radius 3 is 2.64 bits per heavy atom. The highest BCUT2D eigenvalue weighted by Crippen LogP contribution is 2.32. The van der Waals surface area contributed by atoms with Crippen LogP contribution in [0.15, 0.2) is 48.7 Å². The van der Waals surface area contributed by atoms with Crippen molar-refractivity contribution in [2.24, 2.45) is 0 Å². The molecular formula is C17H11F3N4O. The third-order valence-corrected chi connectivity index (χ3v) is 3.94. The van der Waals surface area contributed by atoms with Crippen molar-refractivity contribution < 1.29 is 18.0 Å². The second-order valence-electron chi connectivity index (χ2n) is 5.53. The van der Waals surface area contributed by atoms with E-state index >= 15 is 0 Å². The van der Waals surface area contributed by atoms with Gasteiger partial charge in [0, 0.05) is 22.5 Å². The Morgan fingerprint density at radius 2 is 1.84 bits per heavy atom. The Balaban J connectivity index is 1.68. The molecule has 3 N–H and O–H groups in total. The number of nitrogens with zero attached hydrogens (tertiary/aromatic N) is 1. The minimum atomic E-state index is -4.45. The highest BCUT2D eigenvalue weighted by atomic mass is 19.4. The number of alkyl halides is 3. The van der Waals surface area contributed by atoms with Gasteiger partial charge in [0.25, 0.3) is 5.91 Å². The van der Waals surface area contributed by atoms with Crippen molar-refractivity contribution in [1.82, 2.24) is 15.2 Å². The molecule has 8 heteroatoms. The molecule has 2 aromatic heterocycles. The fraction of sp³-hybridized carbons (Fsp3) is 0.0588. The van der Waals surface area contributed by atoms with Crippen molar-refractivity contribution >= 4 is 33.4 Å². The maximum absolute atomic E-state index is 12.8. The summed E-state index contributed by atoms with van der Waals surface area (Å²) in [4.78, 5) is 15.5. The zero-order chi connectivity index (χ0) is 17.6. The van der Waals surface area contributed by atoms with E-state index in [0.29, 0.717) is 11.1 Å². The van der Waals surface area contributed by atoms with Crippen molar-refractivity contribution in [1.29, 1.82) is 0 Å². The number of anilines is 1. The van der Waals surface area contributed by atoms with Gasteiger partial charge in [-0.1, -0.05) is 18.2 Å². The Hall–Kier alpha value is -3.29. The van der Waals surface area contributed by atoms with E-state index in [4.69, 9.17) is 0 Å². The minimum absolute atomic E-state index is 0.0361. The van der Waals surface area contributed by atoms with Crippen LogP contribution in [0.5, 0.6) is 0 Å². The van der Waals surface area contributed by atoms with E-state index in [1.165, 1.54) is 6.07 Å². The molecule has 0 aliphatic rings. The van der Waals surface area contributed by atoms with E-state index in [0.717, 1.165) is 23.0 Å². The number of benzene rings is 2. The van der Waals surface area contributed by atoms with Crippen LogP contribution in [0.4, 0.5) is 18.9 Å². The van der Waals surface area contributed by atoms with Gasteiger partial charge < -0.3 is 10.3 Å². The number of carbonyl (C=O) groups excluding carboxylic acids is 1. The predicted molar refractivity (Wildman–Crippen MR) is 87.3 cm³/mol. The number of hydrogen-bond donors (Lipinski definition) is 3. The molecular weight excluding hydrogens is 333 g/mol. The van der Waals surface area contributed by atoms with Crippen LogP contribution < -0.4 is 5.32 Å². The fourth-order valence-electron chi connectivity index (χ4n) is 2.73. The van der Waals surface area contributed by atoms with E-state index in [9.17, 15) is 18.0 Å². The van der Waals surface area contributed by atoms with E-state index in [1.54, 1.807) is 6.20 Å². The van der Waals surface area contributed by atoms with Gasteiger partial charge in [-0.2, -0.15) is 18.3 Å². The number of amides is 1. The molecule has 0 unspecified atom stereocenters. The Bertz CT molecular complexity index is 1090. The molecule has 4 aromatic rings. The number of para-hydroxylation sites is 1. The summed E-state index contributed by atoms with van der Waals surface area (Å²) in [6.07, 6.45) is -2.80. The first-order valence-electron chi connectivity index (χ1n) is 7.36. The van der Waals surface area contributed by atoms with Crippen molar-refractivity contribution in [2.75, 3.05) is 5.32 Å². The molecule has 0 aliphatic carbocycles. The summed E-state index contributed by atoms with van der Waals surface area (Å²) in [7, 11) is 0. The van der Waals surface area contributed by atoms with E-state index in [2.05, 4.69) is 20.5 Å². The first-order valence-corrected chi connectivity index (χ1v) is 7.36. The van der Waals surface area contributed by atoms with Crippen LogP contribution in [0, 0.1) is 0 Å². The standard InChI is InChI=1S/C17H11F3N4O/c18-17(19,20)9-5-6-11-13(7-9)23-24-15(11)16(25)22-14-8-21-12-4-2-1-3-10(12)14/h1-8,21H,(H,22,25)(H,23,24). The van der Waals surface area contributed by atoms with Gasteiger partial charge >= 0.3 is 6.18 Å². The third-order valence-electron chi connectivity index (χ3n) is 3.94. The zero-order valence-electron chi connectivity index (χ0n) is 12.6. The van der Waals surface area contributed by atoms with Crippen LogP contribution in [0.1, 0.15) is 16.1 Å². The Morgan fingerprint density at radius 1 is 1.04 bits per heavy atom. The van der Waals surface area contributed by atoms with Gasteiger partial charge in [0.05, 0.1) is 16.8 Å². The predicted octanol–water partition coefficient (Wildman–Crippen LogP) is 4.32. The fourth-order valence-corrected chi connectivity index (χ4v) is 2.73. The van der Waals surface area contributed by atoms with Crippen LogP contribution in [0.25, 0.3) is 21.8 Å². The first kappa shape index (κ1) is 15.3. The highest BCUT2D eigenvalue weighted by Gasteiger charge is 2.31. The van der Waals surface area contributed by atoms with Crippen LogP contribution in [0.3, 0.4) is 0 Å². The topological polar surface area (TPSA) is 73.6 Å². The van der Waals surface area contributed by atoms with Crippen molar-refractivity contribution in [3.05, 3.63) is 59.9 Å². The summed E-state index contributed by atoms with van der Waals surface area (Å²) in [5.74, 6) is -0.504. The van der Waals surface area contributed by atoms with Crippen molar-refractivity contribution in [2.45, 2.75) is 6.18 Å². The number of nitrogens with one attached hydrogen (secondary N) is 3. The molecule has 0 atom stereocenters. The monoisotopic (exact) mass is 344 g/mol. The number of carbonyl (C=O) groups is 1. The SMILES string of the molecule is O=C(Nc1c[nH]c2ccccc12)c1n[nH]c2cc(C(F)(F)F)ccc12. The van der Waals surface area contributed by atoms with E-state index in [1.807, 2.05) is 24.3 Å². The molecule has 2 aromatic carbocycles. The van der Waals surface area contributed by atoms with E-state index < -0.39 is 17.6 Å². The van der Waals surface area contributed by atoms with Gasteiger partial charge in [-0.25, -0.2) is 0 Å². The maximum Gasteiger partial charge on any atom is 0.416 e. The summed E-state index contributed by atoms with van der Waals surface area (Å²) in [5.41, 5.74) is 0.823. The number of aromatic nitrogens is 3. The quantitative estimate of drug-likeness (QED) is 0.507. The molecule has 0 spiro atoms. The number of hydrogen-bond acceptors (Lipinski definition) is 2. The third kappa shape index (κ3) is 2.61. The molecule has 0 saturated carbocycles. The van der Waals surface area contributed by atoms with Gasteiger partial charge in [0.1, 0.15) is 0 Å².